The van der Waals surface area contributed by atoms with Gasteiger partial charge in [0.2, 0.25) is 0 Å². The number of carbonyl (C=O) groups excluding carboxylic acids is 1. The molecule has 2 aliphatic rings. The molecular formula is C47H33N5O2S. The molecule has 4 aromatic heterocycles. The first kappa shape index (κ1) is 33.7. The lowest BCUT2D eigenvalue weighted by Crippen LogP contribution is -2.06. The zero-order valence-electron chi connectivity index (χ0n) is 30.1. The fraction of sp³-hybridized carbons (Fsp3) is 0.0638. The molecule has 0 fully saturated rings. The molecule has 0 radical (unpaired) electrons. The van der Waals surface area contributed by atoms with Crippen LogP contribution in [-0.4, -0.2) is 25.9 Å². The van der Waals surface area contributed by atoms with Gasteiger partial charge in [-0.05, 0) is 103 Å². The van der Waals surface area contributed by atoms with Crippen molar-refractivity contribution < 1.29 is 9.53 Å². The molecule has 0 saturated heterocycles. The minimum atomic E-state index is -0.598. The van der Waals surface area contributed by atoms with Gasteiger partial charge in [0, 0.05) is 49.2 Å². The lowest BCUT2D eigenvalue weighted by Gasteiger charge is -2.08. The van der Waals surface area contributed by atoms with Gasteiger partial charge in [0.05, 0.1) is 28.8 Å². The molecule has 55 heavy (non-hydrogen) atoms. The van der Waals surface area contributed by atoms with Gasteiger partial charge < -0.3 is 14.7 Å². The van der Waals surface area contributed by atoms with E-state index in [0.29, 0.717) is 5.75 Å². The maximum atomic E-state index is 12.1. The summed E-state index contributed by atoms with van der Waals surface area (Å²) in [5.41, 5.74) is 16.2. The van der Waals surface area contributed by atoms with E-state index in [2.05, 4.69) is 138 Å². The maximum Gasteiger partial charge on any atom is 0.325 e. The summed E-state index contributed by atoms with van der Waals surface area (Å²) in [7, 11) is 0. The number of rotatable bonds is 6. The van der Waals surface area contributed by atoms with E-state index in [9.17, 15) is 4.79 Å². The Morgan fingerprint density at radius 1 is 0.600 bits per heavy atom. The predicted molar refractivity (Wildman–Crippen MR) is 224 cm³/mol. The second-order valence-corrected chi connectivity index (χ2v) is 14.5. The summed E-state index contributed by atoms with van der Waals surface area (Å²) in [6, 6.07) is 38.9. The van der Waals surface area contributed by atoms with Crippen LogP contribution in [0.25, 0.3) is 90.2 Å². The highest BCUT2D eigenvalue weighted by Crippen LogP contribution is 2.39. The topological polar surface area (TPSA) is 107 Å². The largest absolute Gasteiger partial charge is 0.426 e. The zero-order valence-corrected chi connectivity index (χ0v) is 30.9. The molecule has 0 amide bonds. The minimum absolute atomic E-state index is 0.320. The highest BCUT2D eigenvalue weighted by atomic mass is 32.1. The third kappa shape index (κ3) is 6.48. The Labute approximate surface area is 321 Å². The third-order valence-corrected chi connectivity index (χ3v) is 10.7. The molecule has 3 aromatic carbocycles. The van der Waals surface area contributed by atoms with Crippen LogP contribution in [0.4, 0.5) is 0 Å². The van der Waals surface area contributed by atoms with E-state index < -0.39 is 5.97 Å². The smallest absolute Gasteiger partial charge is 0.325 e. The number of carbonyl (C=O) groups is 1. The van der Waals surface area contributed by atoms with Gasteiger partial charge in [-0.3, -0.25) is 4.79 Å². The van der Waals surface area contributed by atoms with Crippen LogP contribution < -0.4 is 4.74 Å². The average Bonchev–Trinajstić information content (AvgIpc) is 4.05. The number of H-pyrrole nitrogens is 2. The van der Waals surface area contributed by atoms with Crippen LogP contribution >= 0.6 is 11.3 Å². The number of hydrogen-bond acceptors (Lipinski definition) is 6. The van der Waals surface area contributed by atoms with Crippen LogP contribution in [0.1, 0.15) is 40.3 Å². The standard InChI is InChI=1S/C47H33N5O2S/c1-28-5-9-30(10-6-28)44-34-17-19-36(49-34)46(32-13-15-33(16-14-32)54-43(53)25-26-48)37-20-18-35(50-37)45(31-11-7-29(2)8-12-31)39-22-24-41(52-39)47(42-4-3-27-55-42)40-23-21-38(44)51-40/h3-24,27,49,52H,25H2,1-2H3. The van der Waals surface area contributed by atoms with Crippen molar-refractivity contribution in [2.75, 3.05) is 0 Å². The lowest BCUT2D eigenvalue weighted by atomic mass is 10.0. The van der Waals surface area contributed by atoms with Crippen molar-refractivity contribution in [3.05, 3.63) is 148 Å². The molecule has 8 heteroatoms. The van der Waals surface area contributed by atoms with Crippen LogP contribution in [0.15, 0.2) is 115 Å². The van der Waals surface area contributed by atoms with Gasteiger partial charge in [0.25, 0.3) is 0 Å². The van der Waals surface area contributed by atoms with E-state index >= 15 is 0 Å². The Hall–Kier alpha value is -7.08. The van der Waals surface area contributed by atoms with Crippen molar-refractivity contribution in [3.8, 4) is 55.6 Å². The zero-order chi connectivity index (χ0) is 37.5. The van der Waals surface area contributed by atoms with Crippen LogP contribution in [0.3, 0.4) is 0 Å². The molecule has 0 atom stereocenters. The van der Waals surface area contributed by atoms with Gasteiger partial charge in [-0.2, -0.15) is 5.26 Å². The molecular weight excluding hydrogens is 699 g/mol. The molecule has 8 bridgehead atoms. The van der Waals surface area contributed by atoms with E-state index in [1.165, 1.54) is 11.1 Å². The molecule has 2 aliphatic heterocycles. The SMILES string of the molecule is Cc1ccc(-c2c3nc(c(-c4cccs4)c4ccc([nH]4)c(-c4ccc(C)cc4)c4nc(c(-c5ccc(OC(=O)CC#N)cc5)c5ccc2[nH]5)C=C4)C=C3)cc1. The first-order valence-electron chi connectivity index (χ1n) is 17.9. The van der Waals surface area contributed by atoms with Crippen molar-refractivity contribution in [1.29, 1.82) is 5.26 Å². The first-order valence-corrected chi connectivity index (χ1v) is 18.8. The number of esters is 1. The van der Waals surface area contributed by atoms with E-state index in [4.69, 9.17) is 20.0 Å². The Bertz CT molecular complexity index is 2850. The maximum absolute atomic E-state index is 12.1. The second-order valence-electron chi connectivity index (χ2n) is 13.5. The molecule has 264 valence electrons. The van der Waals surface area contributed by atoms with Gasteiger partial charge in [0.15, 0.2) is 0 Å². The van der Waals surface area contributed by atoms with Gasteiger partial charge >= 0.3 is 5.97 Å². The van der Waals surface area contributed by atoms with Gasteiger partial charge in [-0.1, -0.05) is 77.9 Å². The molecule has 0 saturated carbocycles. The van der Waals surface area contributed by atoms with E-state index in [-0.39, 0.29) is 6.42 Å². The summed E-state index contributed by atoms with van der Waals surface area (Å²) >= 11 is 1.69. The van der Waals surface area contributed by atoms with Crippen molar-refractivity contribution in [3.63, 3.8) is 0 Å². The van der Waals surface area contributed by atoms with E-state index in [0.717, 1.165) is 88.7 Å². The number of ether oxygens (including phenoxy) is 1. The fourth-order valence-corrected chi connectivity index (χ4v) is 7.95. The molecule has 2 N–H and O–H groups in total. The predicted octanol–water partition coefficient (Wildman–Crippen LogP) is 11.8. The number of hydrogen-bond donors (Lipinski definition) is 2. The van der Waals surface area contributed by atoms with Crippen molar-refractivity contribution in [1.82, 2.24) is 19.9 Å². The van der Waals surface area contributed by atoms with Crippen LogP contribution in [-0.2, 0) is 4.79 Å². The van der Waals surface area contributed by atoms with Crippen molar-refractivity contribution >= 4 is 63.7 Å². The molecule has 9 rings (SSSR count). The number of nitrogens with one attached hydrogen (secondary N) is 2. The van der Waals surface area contributed by atoms with Crippen molar-refractivity contribution in [2.45, 2.75) is 20.3 Å². The average molecular weight is 732 g/mol. The molecule has 0 aliphatic carbocycles. The number of aryl methyl sites for hydroxylation is 2. The van der Waals surface area contributed by atoms with E-state index in [1.54, 1.807) is 23.5 Å². The molecule has 0 unspecified atom stereocenters. The summed E-state index contributed by atoms with van der Waals surface area (Å²) in [6.07, 6.45) is 8.02. The molecule has 0 spiro atoms. The molecule has 7 nitrogen and oxygen atoms in total. The Balaban J connectivity index is 1.40. The summed E-state index contributed by atoms with van der Waals surface area (Å²) in [6.45, 7) is 4.18. The number of fused-ring (bicyclic) bond motifs is 8. The Morgan fingerprint density at radius 3 is 1.44 bits per heavy atom. The first-order chi connectivity index (χ1) is 26.9. The summed E-state index contributed by atoms with van der Waals surface area (Å²) in [5.74, 6) is -0.232. The van der Waals surface area contributed by atoms with E-state index in [1.807, 2.05) is 18.2 Å². The quantitative estimate of drug-likeness (QED) is 0.131. The number of aromatic nitrogens is 4. The number of nitrogens with zero attached hydrogens (tertiary/aromatic N) is 3. The number of nitriles is 1. The van der Waals surface area contributed by atoms with Crippen LogP contribution in [0, 0.1) is 25.2 Å². The van der Waals surface area contributed by atoms with Gasteiger partial charge in [-0.15, -0.1) is 11.3 Å². The van der Waals surface area contributed by atoms with Crippen LogP contribution in [0.5, 0.6) is 5.75 Å². The van der Waals surface area contributed by atoms with Crippen molar-refractivity contribution in [2.24, 2.45) is 0 Å². The summed E-state index contributed by atoms with van der Waals surface area (Å²) < 4.78 is 5.40. The number of aromatic amines is 2. The monoisotopic (exact) mass is 731 g/mol. The van der Waals surface area contributed by atoms with Crippen LogP contribution in [0.2, 0.25) is 0 Å². The number of thiophene rings is 1. The highest BCUT2D eigenvalue weighted by molar-refractivity contribution is 7.13. The minimum Gasteiger partial charge on any atom is -0.426 e. The molecule has 7 aromatic rings. The van der Waals surface area contributed by atoms with Gasteiger partial charge in [-0.25, -0.2) is 9.97 Å². The fourth-order valence-electron chi connectivity index (χ4n) is 7.16. The Kier molecular flexibility index (Phi) is 8.62. The molecule has 6 heterocycles. The normalized spacial score (nSPS) is 11.8. The van der Waals surface area contributed by atoms with Gasteiger partial charge in [0.1, 0.15) is 12.2 Å². The Morgan fingerprint density at radius 2 is 1.02 bits per heavy atom. The second kappa shape index (κ2) is 14.0. The number of benzene rings is 3. The summed E-state index contributed by atoms with van der Waals surface area (Å²) in [5, 5.41) is 11.0. The third-order valence-electron chi connectivity index (χ3n) is 9.80. The highest BCUT2D eigenvalue weighted by Gasteiger charge is 2.19. The lowest BCUT2D eigenvalue weighted by molar-refractivity contribution is -0.133. The summed E-state index contributed by atoms with van der Waals surface area (Å²) in [4.78, 5) is 31.5.